The van der Waals surface area contributed by atoms with Gasteiger partial charge in [-0.2, -0.15) is 20.3 Å². The van der Waals surface area contributed by atoms with Crippen LogP contribution in [0.25, 0.3) is 0 Å². The quantitative estimate of drug-likeness (QED) is 0.149. The maximum absolute atomic E-state index is 14.4. The highest BCUT2D eigenvalue weighted by atomic mass is 19.2. The molecule has 4 heterocycles. The number of nitrogens with zero attached hydrogens (tertiary/aromatic N) is 8. The van der Waals surface area contributed by atoms with Gasteiger partial charge in [0.2, 0.25) is 0 Å². The number of halogens is 8. The van der Waals surface area contributed by atoms with Crippen molar-refractivity contribution in [2.24, 2.45) is 0 Å². The van der Waals surface area contributed by atoms with Crippen molar-refractivity contribution in [1.29, 1.82) is 0 Å². The average Bonchev–Trinajstić information content (AvgIpc) is 3.39. The maximum atomic E-state index is 14.4. The first-order valence-corrected chi connectivity index (χ1v) is 27.4. The van der Waals surface area contributed by atoms with Crippen molar-refractivity contribution in [3.63, 3.8) is 0 Å². The summed E-state index contributed by atoms with van der Waals surface area (Å²) in [5, 5.41) is 7.22. The summed E-state index contributed by atoms with van der Waals surface area (Å²) in [6.07, 6.45) is 0. The minimum atomic E-state index is -0.669. The van der Waals surface area contributed by atoms with Crippen LogP contribution in [0.2, 0.25) is 0 Å². The molecule has 4 aliphatic heterocycles. The third-order valence-corrected chi connectivity index (χ3v) is 13.4. The number of hydroxylamine groups is 8. The van der Waals surface area contributed by atoms with Gasteiger partial charge >= 0.3 is 0 Å². The van der Waals surface area contributed by atoms with Gasteiger partial charge in [-0.15, -0.1) is 0 Å². The molecule has 4 fully saturated rings. The molecule has 0 aromatic heterocycles. The van der Waals surface area contributed by atoms with Gasteiger partial charge in [-0.3, -0.25) is 38.9 Å². The topological polar surface area (TPSA) is 99.8 Å². The minimum Gasteiger partial charge on any atom is -0.377 e. The van der Waals surface area contributed by atoms with Gasteiger partial charge in [0.25, 0.3) is 0 Å². The second-order valence-electron chi connectivity index (χ2n) is 19.7. The minimum absolute atomic E-state index is 0.194. The molecule has 0 N–H and O–H groups in total. The van der Waals surface area contributed by atoms with Gasteiger partial charge in [0, 0.05) is 155 Å². The zero-order chi connectivity index (χ0) is 56.3. The Balaban J connectivity index is 1.02. The smallest absolute Gasteiger partial charge is 0.126 e. The highest BCUT2D eigenvalue weighted by Gasteiger charge is 2.22. The zero-order valence-corrected chi connectivity index (χ0v) is 45.4. The van der Waals surface area contributed by atoms with E-state index in [2.05, 4.69) is 19.6 Å². The van der Waals surface area contributed by atoms with Crippen molar-refractivity contribution in [1.82, 2.24) is 39.9 Å². The lowest BCUT2D eigenvalue weighted by Crippen LogP contribution is -2.46. The number of hydrogen-bond donors (Lipinski definition) is 0. The van der Waals surface area contributed by atoms with Crippen molar-refractivity contribution in [3.05, 3.63) is 142 Å². The van der Waals surface area contributed by atoms with E-state index < -0.39 is 46.5 Å². The Bertz CT molecular complexity index is 1990. The van der Waals surface area contributed by atoms with E-state index in [1.165, 1.54) is 48.5 Å². The molecule has 4 aromatic rings. The molecule has 0 aliphatic carbocycles. The zero-order valence-electron chi connectivity index (χ0n) is 45.4. The largest absolute Gasteiger partial charge is 0.377 e. The van der Waals surface area contributed by atoms with Crippen LogP contribution in [0.5, 0.6) is 0 Å². The number of rotatable bonds is 8. The van der Waals surface area contributed by atoms with Crippen molar-refractivity contribution >= 4 is 0 Å². The van der Waals surface area contributed by atoms with Crippen molar-refractivity contribution in [3.8, 4) is 0 Å². The molecular formula is C56H76F8N8O8. The van der Waals surface area contributed by atoms with E-state index in [-0.39, 0.29) is 105 Å². The van der Waals surface area contributed by atoms with Crippen LogP contribution in [0.15, 0.2) is 72.8 Å². The lowest BCUT2D eigenvalue weighted by atomic mass is 10.2. The molecule has 0 atom stereocenters. The Kier molecular flexibility index (Phi) is 27.7. The second-order valence-corrected chi connectivity index (χ2v) is 19.7. The Morgan fingerprint density at radius 2 is 0.388 bits per heavy atom. The second kappa shape index (κ2) is 35.0. The molecule has 0 unspecified atom stereocenters. The average molecular weight is 1140 g/mol. The predicted octanol–water partition coefficient (Wildman–Crippen LogP) is 6.15. The molecule has 4 bridgehead atoms. The van der Waals surface area contributed by atoms with E-state index >= 15 is 0 Å². The molecule has 0 saturated carbocycles. The molecule has 4 saturated heterocycles. The number of ether oxygens (including phenoxy) is 4. The van der Waals surface area contributed by atoms with Crippen LogP contribution in [0, 0.1) is 46.5 Å². The molecule has 444 valence electrons. The maximum Gasteiger partial charge on any atom is 0.126 e. The summed E-state index contributed by atoms with van der Waals surface area (Å²) in [6, 6.07) is 13.9. The van der Waals surface area contributed by atoms with E-state index in [0.29, 0.717) is 127 Å². The molecule has 0 radical (unpaired) electrons. The van der Waals surface area contributed by atoms with E-state index in [1.54, 1.807) is 20.3 Å². The lowest BCUT2D eigenvalue weighted by Gasteiger charge is -2.34. The van der Waals surface area contributed by atoms with Crippen molar-refractivity contribution in [2.75, 3.05) is 184 Å². The molecule has 16 nitrogen and oxygen atoms in total. The van der Waals surface area contributed by atoms with E-state index in [9.17, 15) is 35.1 Å². The SMILES string of the molecule is Fc1cc(F)cc(CN2CCN3CCN(Cc4cc(F)cc(F)c4)CCN(CC2)OCCOCCOCCON2CCN(Cc4cc(F)cc(F)c4)CCN(CCN(Cc4cc(F)cc(F)c4)CC2)OCCOCCOCCO3)c1. The summed E-state index contributed by atoms with van der Waals surface area (Å²) in [5.41, 5.74) is 1.89. The third kappa shape index (κ3) is 24.6. The van der Waals surface area contributed by atoms with Gasteiger partial charge in [-0.05, 0) is 70.8 Å². The van der Waals surface area contributed by atoms with Crippen LogP contribution in [0.4, 0.5) is 35.1 Å². The summed E-state index contributed by atoms with van der Waals surface area (Å²) in [4.78, 5) is 33.3. The van der Waals surface area contributed by atoms with Gasteiger partial charge in [-0.1, -0.05) is 0 Å². The molecule has 24 heteroatoms. The summed E-state index contributed by atoms with van der Waals surface area (Å²) >= 11 is 0. The van der Waals surface area contributed by atoms with E-state index in [0.717, 1.165) is 24.3 Å². The first-order chi connectivity index (χ1) is 38.8. The molecule has 4 aliphatic rings. The van der Waals surface area contributed by atoms with Crippen LogP contribution in [0.1, 0.15) is 22.3 Å². The van der Waals surface area contributed by atoms with Gasteiger partial charge in [0.1, 0.15) is 46.5 Å². The highest BCUT2D eigenvalue weighted by Crippen LogP contribution is 2.17. The number of fused-ring (bicyclic) bond motifs is 26. The van der Waals surface area contributed by atoms with E-state index in [4.69, 9.17) is 38.3 Å². The van der Waals surface area contributed by atoms with Crippen LogP contribution >= 0.6 is 0 Å². The fraction of sp³-hybridized carbons (Fsp3) is 0.571. The fourth-order valence-corrected chi connectivity index (χ4v) is 9.45. The highest BCUT2D eigenvalue weighted by molar-refractivity contribution is 5.20. The van der Waals surface area contributed by atoms with Crippen LogP contribution in [-0.4, -0.2) is 224 Å². The Hall–Kier alpha value is -4.32. The molecule has 4 aromatic carbocycles. The van der Waals surface area contributed by atoms with Crippen LogP contribution in [0.3, 0.4) is 0 Å². The fourth-order valence-electron chi connectivity index (χ4n) is 9.45. The molecule has 0 spiro atoms. The first kappa shape index (κ1) is 63.3. The predicted molar refractivity (Wildman–Crippen MR) is 280 cm³/mol. The Morgan fingerprint density at radius 3 is 0.562 bits per heavy atom. The summed E-state index contributed by atoms with van der Waals surface area (Å²) < 4.78 is 138. The van der Waals surface area contributed by atoms with Gasteiger partial charge < -0.3 is 18.9 Å². The first-order valence-electron chi connectivity index (χ1n) is 27.4. The van der Waals surface area contributed by atoms with E-state index in [1.807, 2.05) is 0 Å². The van der Waals surface area contributed by atoms with Gasteiger partial charge in [0.05, 0.1) is 79.3 Å². The number of hydrogen-bond acceptors (Lipinski definition) is 16. The van der Waals surface area contributed by atoms with Crippen molar-refractivity contribution in [2.45, 2.75) is 26.2 Å². The molecule has 0 amide bonds. The number of benzene rings is 4. The Labute approximate surface area is 463 Å². The summed E-state index contributed by atoms with van der Waals surface area (Å²) in [6.45, 7) is 10.5. The van der Waals surface area contributed by atoms with Crippen LogP contribution in [-0.2, 0) is 64.5 Å². The molecular weight excluding hydrogens is 1060 g/mol. The van der Waals surface area contributed by atoms with Crippen LogP contribution < -0.4 is 0 Å². The monoisotopic (exact) mass is 1140 g/mol. The lowest BCUT2D eigenvalue weighted by molar-refractivity contribution is -0.190. The molecule has 8 rings (SSSR count). The van der Waals surface area contributed by atoms with Crippen molar-refractivity contribution < 1.29 is 73.4 Å². The van der Waals surface area contributed by atoms with Gasteiger partial charge in [-0.25, -0.2) is 35.1 Å². The third-order valence-electron chi connectivity index (χ3n) is 13.4. The standard InChI is InChI=1S/C56H76F8N8O8/c57-49-29-45(30-50(58)37-49)41-65-1-9-69-11-3-66(42-46-31-51(59)38-52(60)32-46)4-12-70(10-2-65)78-26-22-74-19-20-76-24-28-80-72-15-7-67(43-47-33-53(61)39-54(62)34-47)5-13-71(79-27-23-75-18-17-73-21-25-77-69)14-6-68(8-16-72)44-48-35-55(63)40-56(64)36-48/h29-40H,1-28,41-44H2. The summed E-state index contributed by atoms with van der Waals surface area (Å²) in [7, 11) is 0. The normalized spacial score (nSPS) is 23.7. The van der Waals surface area contributed by atoms with Gasteiger partial charge in [0.15, 0.2) is 0 Å². The molecule has 80 heavy (non-hydrogen) atoms. The summed E-state index contributed by atoms with van der Waals surface area (Å²) in [5.74, 6) is -5.35. The Morgan fingerprint density at radius 1 is 0.225 bits per heavy atom.